The van der Waals surface area contributed by atoms with E-state index in [4.69, 9.17) is 15.9 Å². The maximum absolute atomic E-state index is 12.6. The van der Waals surface area contributed by atoms with Crippen LogP contribution in [0.25, 0.3) is 0 Å². The van der Waals surface area contributed by atoms with E-state index in [-0.39, 0.29) is 25.0 Å². The van der Waals surface area contributed by atoms with Gasteiger partial charge in [-0.15, -0.1) is 6.42 Å². The van der Waals surface area contributed by atoms with Crippen molar-refractivity contribution in [1.29, 1.82) is 0 Å². The summed E-state index contributed by atoms with van der Waals surface area (Å²) in [4.78, 5) is 17.0. The average Bonchev–Trinajstić information content (AvgIpc) is 3.09. The first kappa shape index (κ1) is 22.7. The van der Waals surface area contributed by atoms with Crippen LogP contribution in [0.15, 0.2) is 18.2 Å². The smallest absolute Gasteiger partial charge is 0.272 e. The molecular formula is C22H26N4O4. The van der Waals surface area contributed by atoms with E-state index in [1.54, 1.807) is 44.0 Å². The third-order valence-electron chi connectivity index (χ3n) is 4.29. The molecule has 0 aliphatic carbocycles. The third kappa shape index (κ3) is 5.47. The molecular weight excluding hydrogens is 384 g/mol. The molecule has 2 aromatic rings. The normalized spacial score (nSPS) is 10.9. The maximum atomic E-state index is 12.6. The molecule has 0 spiro atoms. The van der Waals surface area contributed by atoms with Crippen LogP contribution in [-0.2, 0) is 7.05 Å². The first-order valence-corrected chi connectivity index (χ1v) is 9.32. The van der Waals surface area contributed by atoms with E-state index < -0.39 is 0 Å². The fourth-order valence-electron chi connectivity index (χ4n) is 2.59. The summed E-state index contributed by atoms with van der Waals surface area (Å²) in [5, 5.41) is 15.0. The van der Waals surface area contributed by atoms with Crippen molar-refractivity contribution in [3.05, 3.63) is 35.3 Å². The van der Waals surface area contributed by atoms with Crippen LogP contribution in [-0.4, -0.2) is 54.5 Å². The Morgan fingerprint density at radius 3 is 2.67 bits per heavy atom. The number of terminal acetylenes is 1. The summed E-state index contributed by atoms with van der Waals surface area (Å²) in [5.74, 6) is 9.98. The molecule has 0 unspecified atom stereocenters. The van der Waals surface area contributed by atoms with Gasteiger partial charge in [0.2, 0.25) is 0 Å². The van der Waals surface area contributed by atoms with Crippen molar-refractivity contribution >= 4 is 11.7 Å². The molecule has 1 amide bonds. The van der Waals surface area contributed by atoms with Crippen LogP contribution in [0.5, 0.6) is 11.5 Å². The predicted molar refractivity (Wildman–Crippen MR) is 115 cm³/mol. The van der Waals surface area contributed by atoms with Crippen LogP contribution in [0.2, 0.25) is 0 Å². The van der Waals surface area contributed by atoms with Crippen molar-refractivity contribution in [3.63, 3.8) is 0 Å². The van der Waals surface area contributed by atoms with Gasteiger partial charge in [-0.2, -0.15) is 0 Å². The number of carbonyl (C=O) groups excluding carboxylic acids is 1. The maximum Gasteiger partial charge on any atom is 0.272 e. The minimum absolute atomic E-state index is 0.00470. The third-order valence-corrected chi connectivity index (χ3v) is 4.29. The number of rotatable bonds is 8. The Balaban J connectivity index is 2.39. The molecule has 158 valence electrons. The highest BCUT2D eigenvalue weighted by atomic mass is 16.5. The largest absolute Gasteiger partial charge is 0.493 e. The van der Waals surface area contributed by atoms with Gasteiger partial charge in [0, 0.05) is 25.8 Å². The van der Waals surface area contributed by atoms with Gasteiger partial charge in [-0.3, -0.25) is 4.79 Å². The van der Waals surface area contributed by atoms with Gasteiger partial charge in [0.05, 0.1) is 20.8 Å². The van der Waals surface area contributed by atoms with E-state index in [9.17, 15) is 9.90 Å². The highest BCUT2D eigenvalue weighted by molar-refractivity contribution is 5.97. The van der Waals surface area contributed by atoms with Crippen LogP contribution in [0.4, 0.5) is 5.82 Å². The second-order valence-corrected chi connectivity index (χ2v) is 6.57. The number of hydrogen-bond acceptors (Lipinski definition) is 6. The van der Waals surface area contributed by atoms with Gasteiger partial charge in [-0.05, 0) is 30.0 Å². The van der Waals surface area contributed by atoms with Crippen molar-refractivity contribution < 1.29 is 19.4 Å². The Morgan fingerprint density at radius 1 is 1.30 bits per heavy atom. The van der Waals surface area contributed by atoms with E-state index in [0.29, 0.717) is 40.9 Å². The standard InChI is InChI=1S/C22H26N4O4/c1-6-11-23-22(28)20-21(24-13-15(2)14-27)25-19(26(20)3)10-8-16-7-9-17(29-4)18(12-16)30-5/h1,7,9,12,15,24,27H,11,13-14H2,2-5H3,(H,23,28)/t15-/m0/s1. The molecule has 2 rings (SSSR count). The summed E-state index contributed by atoms with van der Waals surface area (Å²) >= 11 is 0. The number of carbonyl (C=O) groups is 1. The molecule has 1 aromatic heterocycles. The summed E-state index contributed by atoms with van der Waals surface area (Å²) in [7, 11) is 4.83. The number of aliphatic hydroxyl groups is 1. The van der Waals surface area contributed by atoms with E-state index in [0.717, 1.165) is 0 Å². The van der Waals surface area contributed by atoms with Crippen molar-refractivity contribution in [2.45, 2.75) is 6.92 Å². The molecule has 1 aromatic carbocycles. The Kier molecular flexibility index (Phi) is 8.16. The minimum atomic E-state index is -0.360. The quantitative estimate of drug-likeness (QED) is 0.567. The lowest BCUT2D eigenvalue weighted by Crippen LogP contribution is -2.27. The fourth-order valence-corrected chi connectivity index (χ4v) is 2.59. The number of nitrogens with zero attached hydrogens (tertiary/aromatic N) is 2. The average molecular weight is 410 g/mol. The molecule has 0 saturated heterocycles. The predicted octanol–water partition coefficient (Wildman–Crippen LogP) is 1.24. The van der Waals surface area contributed by atoms with Crippen molar-refractivity contribution in [1.82, 2.24) is 14.9 Å². The summed E-state index contributed by atoms with van der Waals surface area (Å²) in [6, 6.07) is 5.33. The van der Waals surface area contributed by atoms with Crippen molar-refractivity contribution in [3.8, 4) is 35.7 Å². The first-order chi connectivity index (χ1) is 14.4. The van der Waals surface area contributed by atoms with E-state index in [1.165, 1.54) is 0 Å². The molecule has 8 heteroatoms. The van der Waals surface area contributed by atoms with Gasteiger partial charge in [-0.1, -0.05) is 18.8 Å². The highest BCUT2D eigenvalue weighted by Gasteiger charge is 2.20. The van der Waals surface area contributed by atoms with E-state index in [1.807, 2.05) is 6.92 Å². The van der Waals surface area contributed by atoms with Gasteiger partial charge >= 0.3 is 0 Å². The number of amides is 1. The molecule has 0 radical (unpaired) electrons. The summed E-state index contributed by atoms with van der Waals surface area (Å²) in [6.45, 7) is 2.45. The number of benzene rings is 1. The summed E-state index contributed by atoms with van der Waals surface area (Å²) in [6.07, 6.45) is 5.24. The molecule has 8 nitrogen and oxygen atoms in total. The number of nitrogens with one attached hydrogen (secondary N) is 2. The lowest BCUT2D eigenvalue weighted by molar-refractivity contribution is 0.0951. The van der Waals surface area contributed by atoms with Crippen LogP contribution in [0.3, 0.4) is 0 Å². The topological polar surface area (TPSA) is 97.6 Å². The van der Waals surface area contributed by atoms with Gasteiger partial charge < -0.3 is 29.8 Å². The molecule has 0 fully saturated rings. The molecule has 1 heterocycles. The number of ether oxygens (including phenoxy) is 2. The van der Waals surface area contributed by atoms with E-state index >= 15 is 0 Å². The second kappa shape index (κ2) is 10.8. The number of methoxy groups -OCH3 is 2. The fraction of sp³-hybridized carbons (Fsp3) is 0.364. The molecule has 3 N–H and O–H groups in total. The monoisotopic (exact) mass is 410 g/mol. The Labute approximate surface area is 176 Å². The molecule has 30 heavy (non-hydrogen) atoms. The summed E-state index contributed by atoms with van der Waals surface area (Å²) in [5.41, 5.74) is 1.02. The number of imidazole rings is 1. The Morgan fingerprint density at radius 2 is 2.03 bits per heavy atom. The van der Waals surface area contributed by atoms with Gasteiger partial charge in [0.15, 0.2) is 28.8 Å². The summed E-state index contributed by atoms with van der Waals surface area (Å²) < 4.78 is 12.1. The zero-order valence-corrected chi connectivity index (χ0v) is 17.6. The van der Waals surface area contributed by atoms with Gasteiger partial charge in [0.1, 0.15) is 0 Å². The number of aliphatic hydroxyl groups excluding tert-OH is 1. The van der Waals surface area contributed by atoms with Gasteiger partial charge in [-0.25, -0.2) is 4.98 Å². The van der Waals surface area contributed by atoms with Gasteiger partial charge in [0.25, 0.3) is 5.91 Å². The van der Waals surface area contributed by atoms with Crippen LogP contribution < -0.4 is 20.1 Å². The lowest BCUT2D eigenvalue weighted by Gasteiger charge is -2.11. The molecule has 1 atom stereocenters. The molecule has 0 bridgehead atoms. The lowest BCUT2D eigenvalue weighted by atomic mass is 10.2. The minimum Gasteiger partial charge on any atom is -0.493 e. The Bertz CT molecular complexity index is 995. The number of aromatic nitrogens is 2. The zero-order valence-electron chi connectivity index (χ0n) is 17.6. The van der Waals surface area contributed by atoms with Crippen molar-refractivity contribution in [2.75, 3.05) is 39.2 Å². The SMILES string of the molecule is C#CCNC(=O)c1c(NC[C@H](C)CO)nc(C#Cc2ccc(OC)c(OC)c2)n1C. The number of anilines is 1. The molecule has 0 saturated carbocycles. The van der Waals surface area contributed by atoms with Crippen molar-refractivity contribution in [2.24, 2.45) is 13.0 Å². The second-order valence-electron chi connectivity index (χ2n) is 6.57. The highest BCUT2D eigenvalue weighted by Crippen LogP contribution is 2.27. The van der Waals surface area contributed by atoms with E-state index in [2.05, 4.69) is 33.4 Å². The molecule has 0 aliphatic heterocycles. The molecule has 0 aliphatic rings. The zero-order chi connectivity index (χ0) is 22.1. The first-order valence-electron chi connectivity index (χ1n) is 9.32. The van der Waals surface area contributed by atoms with Crippen LogP contribution >= 0.6 is 0 Å². The Hall–Kier alpha value is -3.62. The van der Waals surface area contributed by atoms with Crippen LogP contribution in [0.1, 0.15) is 28.8 Å². The van der Waals surface area contributed by atoms with Crippen LogP contribution in [0, 0.1) is 30.1 Å². The number of hydrogen-bond donors (Lipinski definition) is 3.